The smallest absolute Gasteiger partial charge is 0.172 e. The zero-order chi connectivity index (χ0) is 16.6. The minimum Gasteiger partial charge on any atom is -0.259 e. The van der Waals surface area contributed by atoms with Gasteiger partial charge in [-0.05, 0) is 43.3 Å². The lowest BCUT2D eigenvalue weighted by molar-refractivity contribution is 1.00. The van der Waals surface area contributed by atoms with Gasteiger partial charge in [-0.1, -0.05) is 30.3 Å². The van der Waals surface area contributed by atoms with E-state index in [2.05, 4.69) is 25.5 Å². The Labute approximate surface area is 140 Å². The first-order chi connectivity index (χ1) is 11.8. The number of aromatic nitrogens is 2. The Kier molecular flexibility index (Phi) is 5.04. The van der Waals surface area contributed by atoms with Crippen molar-refractivity contribution in [2.45, 2.75) is 6.92 Å². The zero-order valence-electron chi connectivity index (χ0n) is 13.3. The molecule has 0 aliphatic heterocycles. The molecule has 0 saturated carbocycles. The van der Waals surface area contributed by atoms with Crippen LogP contribution in [-0.4, -0.2) is 21.5 Å². The number of rotatable bonds is 4. The van der Waals surface area contributed by atoms with Gasteiger partial charge in [0.15, 0.2) is 5.84 Å². The van der Waals surface area contributed by atoms with Gasteiger partial charge < -0.3 is 0 Å². The third-order valence-electron chi connectivity index (χ3n) is 3.27. The second-order valence-electron chi connectivity index (χ2n) is 5.03. The molecule has 5 heteroatoms. The summed E-state index contributed by atoms with van der Waals surface area (Å²) in [6.07, 6.45) is 3.47. The number of nitrogens with zero attached hydrogens (tertiary/aromatic N) is 4. The minimum absolute atomic E-state index is 0.581. The van der Waals surface area contributed by atoms with Crippen LogP contribution in [0.3, 0.4) is 0 Å². The topological polar surface area (TPSA) is 62.5 Å². The molecule has 0 atom stereocenters. The van der Waals surface area contributed by atoms with Crippen molar-refractivity contribution in [1.29, 1.82) is 0 Å². The second kappa shape index (κ2) is 7.78. The van der Waals surface area contributed by atoms with E-state index in [0.717, 1.165) is 22.8 Å². The fraction of sp³-hybridized carbons (Fsp3) is 0.0526. The van der Waals surface area contributed by atoms with Crippen molar-refractivity contribution >= 4 is 17.2 Å². The van der Waals surface area contributed by atoms with Crippen LogP contribution in [0, 0.1) is 0 Å². The number of benzene rings is 1. The molecule has 118 valence electrons. The summed E-state index contributed by atoms with van der Waals surface area (Å²) in [6, 6.07) is 21.1. The monoisotopic (exact) mass is 315 g/mol. The maximum absolute atomic E-state index is 4.61. The fourth-order valence-electron chi connectivity index (χ4n) is 2.04. The Hall–Kier alpha value is -3.34. The first kappa shape index (κ1) is 15.6. The standard InChI is InChI=1S/C19H17N5/c1-15(17-11-5-7-13-20-17)23-24-19(18-12-6-8-14-21-18)22-16-9-3-2-4-10-16/h2-14H,1H3,(H,22,24). The first-order valence-electron chi connectivity index (χ1n) is 7.60. The molecule has 0 bridgehead atoms. The molecule has 0 spiro atoms. The quantitative estimate of drug-likeness (QED) is 0.455. The molecule has 2 heterocycles. The molecule has 0 aliphatic rings. The fourth-order valence-corrected chi connectivity index (χ4v) is 2.04. The van der Waals surface area contributed by atoms with Crippen LogP contribution in [0.25, 0.3) is 0 Å². The van der Waals surface area contributed by atoms with Gasteiger partial charge in [0.05, 0.1) is 17.1 Å². The molecule has 0 radical (unpaired) electrons. The number of hydrogen-bond donors (Lipinski definition) is 1. The molecule has 0 unspecified atom stereocenters. The molecule has 5 nitrogen and oxygen atoms in total. The molecule has 2 aromatic heterocycles. The van der Waals surface area contributed by atoms with E-state index in [1.54, 1.807) is 12.4 Å². The second-order valence-corrected chi connectivity index (χ2v) is 5.03. The molecule has 0 aliphatic carbocycles. The van der Waals surface area contributed by atoms with Crippen LogP contribution in [0.5, 0.6) is 0 Å². The van der Waals surface area contributed by atoms with Crippen LogP contribution in [-0.2, 0) is 0 Å². The van der Waals surface area contributed by atoms with Gasteiger partial charge in [0.25, 0.3) is 0 Å². The summed E-state index contributed by atoms with van der Waals surface area (Å²) in [7, 11) is 0. The van der Waals surface area contributed by atoms with Crippen molar-refractivity contribution in [3.63, 3.8) is 0 Å². The average molecular weight is 315 g/mol. The van der Waals surface area contributed by atoms with Crippen LogP contribution in [0.1, 0.15) is 18.3 Å². The molecule has 0 fully saturated rings. The summed E-state index contributed by atoms with van der Waals surface area (Å²) in [6.45, 7) is 1.90. The highest BCUT2D eigenvalue weighted by Crippen LogP contribution is 2.11. The third kappa shape index (κ3) is 4.10. The predicted octanol–water partition coefficient (Wildman–Crippen LogP) is 3.57. The number of hydrogen-bond acceptors (Lipinski definition) is 4. The molecule has 1 aromatic carbocycles. The average Bonchev–Trinajstić information content (AvgIpc) is 2.67. The summed E-state index contributed by atoms with van der Waals surface area (Å²) in [5.41, 5.74) is 6.15. The van der Waals surface area contributed by atoms with Gasteiger partial charge in [0.1, 0.15) is 5.69 Å². The highest BCUT2D eigenvalue weighted by atomic mass is 15.3. The molecular weight excluding hydrogens is 298 g/mol. The normalized spacial score (nSPS) is 12.0. The number of amidine groups is 1. The van der Waals surface area contributed by atoms with Crippen LogP contribution in [0.2, 0.25) is 0 Å². The SMILES string of the molecule is CC(=NNC(=Nc1ccccc1)c1ccccn1)c1ccccn1. The molecular formula is C19H17N5. The van der Waals surface area contributed by atoms with E-state index in [1.165, 1.54) is 0 Å². The van der Waals surface area contributed by atoms with Crippen molar-refractivity contribution < 1.29 is 0 Å². The van der Waals surface area contributed by atoms with Gasteiger partial charge in [0.2, 0.25) is 0 Å². The first-order valence-corrected chi connectivity index (χ1v) is 7.60. The molecule has 0 amide bonds. The third-order valence-corrected chi connectivity index (χ3v) is 3.27. The van der Waals surface area contributed by atoms with Gasteiger partial charge >= 0.3 is 0 Å². The number of aliphatic imine (C=N–C) groups is 1. The van der Waals surface area contributed by atoms with Crippen molar-refractivity contribution in [2.75, 3.05) is 0 Å². The molecule has 24 heavy (non-hydrogen) atoms. The number of pyridine rings is 2. The van der Waals surface area contributed by atoms with Crippen LogP contribution in [0.4, 0.5) is 5.69 Å². The van der Waals surface area contributed by atoms with Crippen LogP contribution in [0.15, 0.2) is 89.2 Å². The summed E-state index contributed by atoms with van der Waals surface area (Å²) in [5, 5.41) is 4.40. The van der Waals surface area contributed by atoms with Gasteiger partial charge in [-0.2, -0.15) is 5.10 Å². The molecule has 0 saturated heterocycles. The Balaban J connectivity index is 1.90. The molecule has 3 aromatic rings. The van der Waals surface area contributed by atoms with Gasteiger partial charge in [-0.25, -0.2) is 4.99 Å². The number of para-hydroxylation sites is 1. The van der Waals surface area contributed by atoms with Crippen molar-refractivity contribution in [2.24, 2.45) is 10.1 Å². The summed E-state index contributed by atoms with van der Waals surface area (Å²) in [4.78, 5) is 13.2. The highest BCUT2D eigenvalue weighted by molar-refractivity contribution is 6.01. The Bertz CT molecular complexity index is 827. The van der Waals surface area contributed by atoms with Crippen molar-refractivity contribution in [3.8, 4) is 0 Å². The largest absolute Gasteiger partial charge is 0.259 e. The van der Waals surface area contributed by atoms with E-state index in [9.17, 15) is 0 Å². The molecule has 3 rings (SSSR count). The van der Waals surface area contributed by atoms with Gasteiger partial charge in [0, 0.05) is 12.4 Å². The van der Waals surface area contributed by atoms with Crippen LogP contribution >= 0.6 is 0 Å². The molecule has 1 N–H and O–H groups in total. The Morgan fingerprint density at radius 1 is 0.792 bits per heavy atom. The van der Waals surface area contributed by atoms with E-state index in [0.29, 0.717) is 5.84 Å². The van der Waals surface area contributed by atoms with Gasteiger partial charge in [-0.15, -0.1) is 0 Å². The minimum atomic E-state index is 0.581. The lowest BCUT2D eigenvalue weighted by Crippen LogP contribution is -2.21. The zero-order valence-corrected chi connectivity index (χ0v) is 13.3. The van der Waals surface area contributed by atoms with E-state index >= 15 is 0 Å². The Morgan fingerprint density at radius 3 is 2.04 bits per heavy atom. The van der Waals surface area contributed by atoms with Crippen molar-refractivity contribution in [1.82, 2.24) is 15.4 Å². The summed E-state index contributed by atoms with van der Waals surface area (Å²) in [5.74, 6) is 0.581. The van der Waals surface area contributed by atoms with Crippen LogP contribution < -0.4 is 5.43 Å². The van der Waals surface area contributed by atoms with E-state index in [4.69, 9.17) is 0 Å². The van der Waals surface area contributed by atoms with E-state index in [-0.39, 0.29) is 0 Å². The lowest BCUT2D eigenvalue weighted by atomic mass is 10.3. The highest BCUT2D eigenvalue weighted by Gasteiger charge is 2.05. The lowest BCUT2D eigenvalue weighted by Gasteiger charge is -2.07. The Morgan fingerprint density at radius 2 is 1.42 bits per heavy atom. The van der Waals surface area contributed by atoms with E-state index in [1.807, 2.05) is 73.7 Å². The van der Waals surface area contributed by atoms with E-state index < -0.39 is 0 Å². The van der Waals surface area contributed by atoms with Crippen molar-refractivity contribution in [3.05, 3.63) is 90.5 Å². The summed E-state index contributed by atoms with van der Waals surface area (Å²) >= 11 is 0. The number of nitrogens with one attached hydrogen (secondary N) is 1. The predicted molar refractivity (Wildman–Crippen MR) is 96.5 cm³/mol. The summed E-state index contributed by atoms with van der Waals surface area (Å²) < 4.78 is 0. The van der Waals surface area contributed by atoms with Gasteiger partial charge in [-0.3, -0.25) is 15.4 Å². The maximum Gasteiger partial charge on any atom is 0.172 e. The number of hydrazone groups is 1. The maximum atomic E-state index is 4.61.